The van der Waals surface area contributed by atoms with Crippen molar-refractivity contribution in [1.82, 2.24) is 4.72 Å². The number of sulfonamides is 1. The van der Waals surface area contributed by atoms with Gasteiger partial charge in [0.15, 0.2) is 0 Å². The van der Waals surface area contributed by atoms with Gasteiger partial charge in [-0.25, -0.2) is 17.5 Å². The van der Waals surface area contributed by atoms with E-state index in [4.69, 9.17) is 11.6 Å². The summed E-state index contributed by atoms with van der Waals surface area (Å²) in [5.41, 5.74) is 0.0241. The van der Waals surface area contributed by atoms with Crippen LogP contribution < -0.4 is 14.9 Å². The lowest BCUT2D eigenvalue weighted by atomic mass is 10.1. The van der Waals surface area contributed by atoms with Crippen molar-refractivity contribution in [2.45, 2.75) is 44.0 Å². The fourth-order valence-electron chi connectivity index (χ4n) is 3.35. The predicted octanol–water partition coefficient (Wildman–Crippen LogP) is 4.41. The molecule has 3 rings (SSSR count). The van der Waals surface area contributed by atoms with Crippen LogP contribution in [0.2, 0.25) is 5.02 Å². The maximum Gasteiger partial charge on any atom is 0.255 e. The number of hydrogen-bond acceptors (Lipinski definition) is 4. The largest absolute Gasteiger partial charge is 0.370 e. The number of carbonyl (C=O) groups excluding carboxylic acids is 1. The Hall–Kier alpha value is -2.16. The Bertz CT molecular complexity index is 1060. The summed E-state index contributed by atoms with van der Waals surface area (Å²) >= 11 is 6.09. The highest BCUT2D eigenvalue weighted by molar-refractivity contribution is 7.89. The number of anilines is 2. The van der Waals surface area contributed by atoms with Crippen LogP contribution >= 0.6 is 11.6 Å². The molecule has 2 aromatic carbocycles. The first-order valence-corrected chi connectivity index (χ1v) is 11.5. The maximum atomic E-state index is 14.5. The Morgan fingerprint density at radius 2 is 1.80 bits per heavy atom. The molecular weight excluding hydrogens is 429 g/mol. The van der Waals surface area contributed by atoms with E-state index in [9.17, 15) is 17.6 Å². The number of nitrogens with one attached hydrogen (secondary N) is 2. The highest BCUT2D eigenvalue weighted by atomic mass is 35.5. The van der Waals surface area contributed by atoms with Crippen molar-refractivity contribution in [2.24, 2.45) is 0 Å². The summed E-state index contributed by atoms with van der Waals surface area (Å²) < 4.78 is 42.4. The van der Waals surface area contributed by atoms with Crippen LogP contribution in [0.5, 0.6) is 0 Å². The SMILES string of the molecule is CC(C)(C)NS(=O)(=O)c1cc(C(=O)Nc2c(F)cccc2N2CCCC2)ccc1Cl. The summed E-state index contributed by atoms with van der Waals surface area (Å²) in [7, 11) is -3.95. The molecule has 0 spiro atoms. The van der Waals surface area contributed by atoms with E-state index >= 15 is 0 Å². The smallest absolute Gasteiger partial charge is 0.255 e. The topological polar surface area (TPSA) is 78.5 Å². The summed E-state index contributed by atoms with van der Waals surface area (Å²) in [6.45, 7) is 6.68. The van der Waals surface area contributed by atoms with Crippen molar-refractivity contribution in [2.75, 3.05) is 23.3 Å². The first kappa shape index (κ1) is 22.5. The first-order valence-electron chi connectivity index (χ1n) is 9.66. The molecule has 2 N–H and O–H groups in total. The zero-order valence-corrected chi connectivity index (χ0v) is 18.7. The second-order valence-corrected chi connectivity index (χ2v) is 10.3. The van der Waals surface area contributed by atoms with Crippen LogP contribution in [0.25, 0.3) is 0 Å². The molecule has 9 heteroatoms. The van der Waals surface area contributed by atoms with Crippen LogP contribution in [0.15, 0.2) is 41.3 Å². The van der Waals surface area contributed by atoms with Gasteiger partial charge in [0.05, 0.1) is 10.7 Å². The lowest BCUT2D eigenvalue weighted by Gasteiger charge is -2.22. The molecular formula is C21H25ClFN3O3S. The Kier molecular flexibility index (Phi) is 6.40. The molecule has 0 bridgehead atoms. The molecule has 0 aliphatic carbocycles. The van der Waals surface area contributed by atoms with Gasteiger partial charge in [-0.15, -0.1) is 0 Å². The molecule has 6 nitrogen and oxygen atoms in total. The highest BCUT2D eigenvalue weighted by Gasteiger charge is 2.26. The minimum Gasteiger partial charge on any atom is -0.370 e. The molecule has 0 aromatic heterocycles. The number of para-hydroxylation sites is 1. The van der Waals surface area contributed by atoms with Crippen molar-refractivity contribution in [3.8, 4) is 0 Å². The fourth-order valence-corrected chi connectivity index (χ4v) is 5.30. The number of carbonyl (C=O) groups is 1. The molecule has 1 aliphatic heterocycles. The van der Waals surface area contributed by atoms with Gasteiger partial charge in [-0.05, 0) is 63.9 Å². The maximum absolute atomic E-state index is 14.5. The zero-order valence-electron chi connectivity index (χ0n) is 17.1. The quantitative estimate of drug-likeness (QED) is 0.702. The van der Waals surface area contributed by atoms with Gasteiger partial charge in [-0.3, -0.25) is 4.79 Å². The molecule has 1 aliphatic rings. The van der Waals surface area contributed by atoms with Gasteiger partial charge in [-0.2, -0.15) is 0 Å². The highest BCUT2D eigenvalue weighted by Crippen LogP contribution is 2.32. The Morgan fingerprint density at radius 1 is 1.13 bits per heavy atom. The van der Waals surface area contributed by atoms with Crippen LogP contribution in [0.4, 0.5) is 15.8 Å². The van der Waals surface area contributed by atoms with Gasteiger partial charge in [0.25, 0.3) is 5.91 Å². The molecule has 0 atom stereocenters. The number of halogens is 2. The van der Waals surface area contributed by atoms with Gasteiger partial charge >= 0.3 is 0 Å². The summed E-state index contributed by atoms with van der Waals surface area (Å²) in [5, 5.41) is 2.60. The van der Waals surface area contributed by atoms with Crippen molar-refractivity contribution in [1.29, 1.82) is 0 Å². The van der Waals surface area contributed by atoms with Crippen LogP contribution in [-0.2, 0) is 10.0 Å². The van der Waals surface area contributed by atoms with Gasteiger partial charge in [0.1, 0.15) is 16.4 Å². The van der Waals surface area contributed by atoms with Crippen LogP contribution in [0, 0.1) is 5.82 Å². The third-order valence-electron chi connectivity index (χ3n) is 4.60. The van der Waals surface area contributed by atoms with E-state index in [0.29, 0.717) is 5.69 Å². The van der Waals surface area contributed by atoms with E-state index in [2.05, 4.69) is 10.0 Å². The predicted molar refractivity (Wildman–Crippen MR) is 117 cm³/mol. The van der Waals surface area contributed by atoms with Gasteiger partial charge in [0.2, 0.25) is 10.0 Å². The molecule has 30 heavy (non-hydrogen) atoms. The molecule has 0 unspecified atom stereocenters. The first-order chi connectivity index (χ1) is 14.0. The zero-order chi connectivity index (χ0) is 22.1. The standard InChI is InChI=1S/C21H25ClFN3O3S/c1-21(2,3)25-30(28,29)18-13-14(9-10-15(18)22)20(27)24-19-16(23)7-6-8-17(19)26-11-4-5-12-26/h6-10,13,25H,4-5,11-12H2,1-3H3,(H,24,27). The third kappa shape index (κ3) is 5.11. The van der Waals surface area contributed by atoms with E-state index in [-0.39, 0.29) is 21.2 Å². The summed E-state index contributed by atoms with van der Waals surface area (Å²) in [6, 6.07) is 8.58. The summed E-state index contributed by atoms with van der Waals surface area (Å²) in [4.78, 5) is 14.7. The van der Waals surface area contributed by atoms with Crippen molar-refractivity contribution in [3.05, 3.63) is 52.8 Å². The minimum absolute atomic E-state index is 0.00746. The molecule has 2 aromatic rings. The van der Waals surface area contributed by atoms with Crippen LogP contribution in [0.1, 0.15) is 44.0 Å². The molecule has 1 saturated heterocycles. The van der Waals surface area contributed by atoms with Crippen molar-refractivity contribution in [3.63, 3.8) is 0 Å². The normalized spacial score (nSPS) is 14.8. The van der Waals surface area contributed by atoms with E-state index < -0.39 is 27.3 Å². The number of nitrogens with zero attached hydrogens (tertiary/aromatic N) is 1. The van der Waals surface area contributed by atoms with Gasteiger partial charge in [0, 0.05) is 24.2 Å². The van der Waals surface area contributed by atoms with Gasteiger partial charge < -0.3 is 10.2 Å². The van der Waals surface area contributed by atoms with Crippen molar-refractivity contribution < 1.29 is 17.6 Å². The molecule has 1 amide bonds. The Balaban J connectivity index is 1.93. The van der Waals surface area contributed by atoms with E-state index in [1.165, 1.54) is 24.3 Å². The lowest BCUT2D eigenvalue weighted by molar-refractivity contribution is 0.102. The van der Waals surface area contributed by atoms with Crippen molar-refractivity contribution >= 4 is 38.9 Å². The monoisotopic (exact) mass is 453 g/mol. The Morgan fingerprint density at radius 3 is 2.43 bits per heavy atom. The third-order valence-corrected chi connectivity index (χ3v) is 6.84. The molecule has 1 heterocycles. The summed E-state index contributed by atoms with van der Waals surface area (Å²) in [5.74, 6) is -1.17. The van der Waals surface area contributed by atoms with E-state index in [1.54, 1.807) is 32.9 Å². The summed E-state index contributed by atoms with van der Waals surface area (Å²) in [6.07, 6.45) is 2.01. The average Bonchev–Trinajstić information content (AvgIpc) is 3.16. The van der Waals surface area contributed by atoms with E-state index in [0.717, 1.165) is 25.9 Å². The Labute approximate surface area is 181 Å². The number of amides is 1. The molecule has 1 fully saturated rings. The average molecular weight is 454 g/mol. The minimum atomic E-state index is -3.95. The molecule has 0 saturated carbocycles. The fraction of sp³-hybridized carbons (Fsp3) is 0.381. The van der Waals surface area contributed by atoms with Crippen LogP contribution in [0.3, 0.4) is 0 Å². The molecule has 162 valence electrons. The number of hydrogen-bond donors (Lipinski definition) is 2. The number of benzene rings is 2. The van der Waals surface area contributed by atoms with E-state index in [1.807, 2.05) is 4.90 Å². The van der Waals surface area contributed by atoms with Gasteiger partial charge in [-0.1, -0.05) is 17.7 Å². The number of rotatable bonds is 5. The molecule has 0 radical (unpaired) electrons. The lowest BCUT2D eigenvalue weighted by Crippen LogP contribution is -2.40. The second-order valence-electron chi connectivity index (χ2n) is 8.28. The van der Waals surface area contributed by atoms with Crippen LogP contribution in [-0.4, -0.2) is 33.0 Å². The second kappa shape index (κ2) is 8.53.